The first-order valence-corrected chi connectivity index (χ1v) is 5.33. The number of carboxylic acid groups (broad SMARTS) is 1. The quantitative estimate of drug-likeness (QED) is 0.806. The van der Waals surface area contributed by atoms with Crippen LogP contribution >= 0.6 is 0 Å². The second-order valence-corrected chi connectivity index (χ2v) is 3.88. The van der Waals surface area contributed by atoms with Crippen molar-refractivity contribution in [2.75, 3.05) is 0 Å². The molecule has 0 aliphatic rings. The van der Waals surface area contributed by atoms with Crippen LogP contribution in [0.3, 0.4) is 0 Å². The summed E-state index contributed by atoms with van der Waals surface area (Å²) >= 11 is 0. The Hall–Kier alpha value is -1.49. The topological polar surface area (TPSA) is 63.3 Å². The Morgan fingerprint density at radius 1 is 1.29 bits per heavy atom. The number of carbonyl (C=O) groups is 1. The first-order chi connectivity index (χ1) is 7.99. The minimum absolute atomic E-state index is 0.0000475. The maximum Gasteiger partial charge on any atom is 0.303 e. The van der Waals surface area contributed by atoms with E-state index in [1.165, 1.54) is 0 Å². The minimum Gasteiger partial charge on any atom is -0.481 e. The average Bonchev–Trinajstić information content (AvgIpc) is 2.26. The van der Waals surface area contributed by atoms with Crippen molar-refractivity contribution < 1.29 is 18.7 Å². The molecule has 0 aromatic heterocycles. The molecule has 3 nitrogen and oxygen atoms in total. The van der Waals surface area contributed by atoms with E-state index in [1.54, 1.807) is 24.3 Å². The predicted molar refractivity (Wildman–Crippen MR) is 59.9 cm³/mol. The molecule has 1 aromatic carbocycles. The molecular formula is C12H15F2NO2. The SMILES string of the molecule is NC(CCC(=O)O)c1ccc(CC(F)F)cc1. The Kier molecular flexibility index (Phi) is 5.03. The molecule has 17 heavy (non-hydrogen) atoms. The maximum absolute atomic E-state index is 12.1. The van der Waals surface area contributed by atoms with Gasteiger partial charge >= 0.3 is 5.97 Å². The van der Waals surface area contributed by atoms with Crippen LogP contribution in [0.15, 0.2) is 24.3 Å². The number of aliphatic carboxylic acids is 1. The highest BCUT2D eigenvalue weighted by atomic mass is 19.3. The maximum atomic E-state index is 12.1. The highest BCUT2D eigenvalue weighted by Crippen LogP contribution is 2.17. The summed E-state index contributed by atoms with van der Waals surface area (Å²) in [6, 6.07) is 6.17. The second kappa shape index (κ2) is 6.30. The monoisotopic (exact) mass is 243 g/mol. The predicted octanol–water partition coefficient (Wildman–Crippen LogP) is 2.36. The van der Waals surface area contributed by atoms with E-state index >= 15 is 0 Å². The lowest BCUT2D eigenvalue weighted by molar-refractivity contribution is -0.137. The Morgan fingerprint density at radius 2 is 1.88 bits per heavy atom. The van der Waals surface area contributed by atoms with Gasteiger partial charge in [0.2, 0.25) is 6.43 Å². The van der Waals surface area contributed by atoms with Gasteiger partial charge in [-0.3, -0.25) is 4.79 Å². The van der Waals surface area contributed by atoms with Crippen molar-refractivity contribution >= 4 is 5.97 Å². The molecule has 0 saturated heterocycles. The van der Waals surface area contributed by atoms with Crippen molar-refractivity contribution in [2.45, 2.75) is 31.7 Å². The van der Waals surface area contributed by atoms with Crippen molar-refractivity contribution in [3.05, 3.63) is 35.4 Å². The van der Waals surface area contributed by atoms with Crippen LogP contribution in [0.2, 0.25) is 0 Å². The Bertz CT molecular complexity index is 365. The summed E-state index contributed by atoms with van der Waals surface area (Å²) in [6.07, 6.45) is -2.30. The van der Waals surface area contributed by atoms with Crippen molar-refractivity contribution in [3.63, 3.8) is 0 Å². The fourth-order valence-electron chi connectivity index (χ4n) is 1.52. The van der Waals surface area contributed by atoms with Crippen molar-refractivity contribution in [1.82, 2.24) is 0 Å². The lowest BCUT2D eigenvalue weighted by atomic mass is 10.0. The molecule has 0 aliphatic heterocycles. The normalized spacial score (nSPS) is 12.7. The van der Waals surface area contributed by atoms with E-state index in [1.807, 2.05) is 0 Å². The van der Waals surface area contributed by atoms with Crippen LogP contribution in [-0.4, -0.2) is 17.5 Å². The summed E-state index contributed by atoms with van der Waals surface area (Å²) in [5.41, 5.74) is 7.10. The molecule has 3 N–H and O–H groups in total. The van der Waals surface area contributed by atoms with Gasteiger partial charge in [0.25, 0.3) is 0 Å². The van der Waals surface area contributed by atoms with Crippen LogP contribution in [0.25, 0.3) is 0 Å². The summed E-state index contributed by atoms with van der Waals surface area (Å²) in [5.74, 6) is -0.894. The number of alkyl halides is 2. The van der Waals surface area contributed by atoms with E-state index in [-0.39, 0.29) is 18.9 Å². The van der Waals surface area contributed by atoms with Crippen LogP contribution in [0, 0.1) is 0 Å². The molecule has 0 amide bonds. The van der Waals surface area contributed by atoms with Crippen molar-refractivity contribution in [1.29, 1.82) is 0 Å². The molecule has 0 heterocycles. The second-order valence-electron chi connectivity index (χ2n) is 3.88. The van der Waals surface area contributed by atoms with Crippen LogP contribution in [-0.2, 0) is 11.2 Å². The zero-order chi connectivity index (χ0) is 12.8. The third kappa shape index (κ3) is 4.91. The third-order valence-electron chi connectivity index (χ3n) is 2.47. The van der Waals surface area contributed by atoms with E-state index < -0.39 is 12.4 Å². The summed E-state index contributed by atoms with van der Waals surface area (Å²) in [7, 11) is 0. The Balaban J connectivity index is 2.57. The molecule has 1 rings (SSSR count). The zero-order valence-electron chi connectivity index (χ0n) is 9.27. The molecule has 1 aromatic rings. The average molecular weight is 243 g/mol. The summed E-state index contributed by atoms with van der Waals surface area (Å²) in [4.78, 5) is 10.4. The standard InChI is InChI=1S/C12H15F2NO2/c13-11(14)7-8-1-3-9(4-2-8)10(15)5-6-12(16)17/h1-4,10-11H,5-7,15H2,(H,16,17). The molecule has 0 spiro atoms. The molecular weight excluding hydrogens is 228 g/mol. The van der Waals surface area contributed by atoms with Crippen LogP contribution in [0.5, 0.6) is 0 Å². The number of carboxylic acids is 1. The smallest absolute Gasteiger partial charge is 0.303 e. The number of rotatable bonds is 6. The van der Waals surface area contributed by atoms with Gasteiger partial charge in [-0.25, -0.2) is 8.78 Å². The Morgan fingerprint density at radius 3 is 2.35 bits per heavy atom. The van der Waals surface area contributed by atoms with Gasteiger partial charge in [-0.2, -0.15) is 0 Å². The number of benzene rings is 1. The number of halogens is 2. The van der Waals surface area contributed by atoms with E-state index in [4.69, 9.17) is 10.8 Å². The summed E-state index contributed by atoms with van der Waals surface area (Å²) in [5, 5.41) is 8.51. The lowest BCUT2D eigenvalue weighted by Gasteiger charge is -2.11. The zero-order valence-corrected chi connectivity index (χ0v) is 9.27. The van der Waals surface area contributed by atoms with E-state index in [9.17, 15) is 13.6 Å². The van der Waals surface area contributed by atoms with Crippen LogP contribution in [0.1, 0.15) is 30.0 Å². The largest absolute Gasteiger partial charge is 0.481 e. The molecule has 94 valence electrons. The van der Waals surface area contributed by atoms with Crippen LogP contribution in [0.4, 0.5) is 8.78 Å². The summed E-state index contributed by atoms with van der Waals surface area (Å²) < 4.78 is 24.2. The van der Waals surface area contributed by atoms with E-state index in [2.05, 4.69) is 0 Å². The molecule has 5 heteroatoms. The fourth-order valence-corrected chi connectivity index (χ4v) is 1.52. The van der Waals surface area contributed by atoms with Gasteiger partial charge in [0.05, 0.1) is 0 Å². The van der Waals surface area contributed by atoms with Crippen molar-refractivity contribution in [3.8, 4) is 0 Å². The van der Waals surface area contributed by atoms with E-state index in [0.717, 1.165) is 5.56 Å². The van der Waals surface area contributed by atoms with Gasteiger partial charge in [0, 0.05) is 18.9 Å². The molecule has 1 atom stereocenters. The van der Waals surface area contributed by atoms with Gasteiger partial charge in [-0.1, -0.05) is 24.3 Å². The first kappa shape index (κ1) is 13.6. The molecule has 0 radical (unpaired) electrons. The first-order valence-electron chi connectivity index (χ1n) is 5.33. The summed E-state index contributed by atoms with van der Waals surface area (Å²) in [6.45, 7) is 0. The number of hydrogen-bond donors (Lipinski definition) is 2. The highest BCUT2D eigenvalue weighted by Gasteiger charge is 2.09. The van der Waals surface area contributed by atoms with Gasteiger partial charge in [-0.15, -0.1) is 0 Å². The highest BCUT2D eigenvalue weighted by molar-refractivity contribution is 5.66. The Labute approximate surface area is 98.2 Å². The van der Waals surface area contributed by atoms with Crippen molar-refractivity contribution in [2.24, 2.45) is 5.73 Å². The van der Waals surface area contributed by atoms with Gasteiger partial charge < -0.3 is 10.8 Å². The van der Waals surface area contributed by atoms with Crippen LogP contribution < -0.4 is 5.73 Å². The van der Waals surface area contributed by atoms with E-state index in [0.29, 0.717) is 12.0 Å². The number of nitrogens with two attached hydrogens (primary N) is 1. The third-order valence-corrected chi connectivity index (χ3v) is 2.47. The lowest BCUT2D eigenvalue weighted by Crippen LogP contribution is -2.12. The van der Waals surface area contributed by atoms with Gasteiger partial charge in [-0.05, 0) is 17.5 Å². The molecule has 0 saturated carbocycles. The molecule has 1 unspecified atom stereocenters. The molecule has 0 aliphatic carbocycles. The number of hydrogen-bond acceptors (Lipinski definition) is 2. The fraction of sp³-hybridized carbons (Fsp3) is 0.417. The molecule has 0 bridgehead atoms. The minimum atomic E-state index is -2.36. The van der Waals surface area contributed by atoms with Gasteiger partial charge in [0.15, 0.2) is 0 Å². The van der Waals surface area contributed by atoms with Gasteiger partial charge in [0.1, 0.15) is 0 Å². The molecule has 0 fully saturated rings.